The molecule has 2 fully saturated rings. The minimum Gasteiger partial charge on any atom is -0.451 e. The second-order valence-corrected chi connectivity index (χ2v) is 20.9. The first-order valence-electron chi connectivity index (χ1n) is 12.4. The lowest BCUT2D eigenvalue weighted by Crippen LogP contribution is -2.64. The highest BCUT2D eigenvalue weighted by Gasteiger charge is 2.55. The summed E-state index contributed by atoms with van der Waals surface area (Å²) < 4.78 is 26.3. The lowest BCUT2D eigenvalue weighted by atomic mass is 10.0. The molecule has 0 saturated carbocycles. The van der Waals surface area contributed by atoms with Gasteiger partial charge in [0.05, 0.1) is 24.6 Å². The van der Waals surface area contributed by atoms with Crippen LogP contribution in [0, 0.1) is 0 Å². The average molecular weight is 515 g/mol. The van der Waals surface area contributed by atoms with Crippen molar-refractivity contribution < 1.29 is 23.4 Å². The number of hydrogen-bond acceptors (Lipinski definition) is 7. The third-order valence-corrected chi connectivity index (χ3v) is 20.0. The summed E-state index contributed by atoms with van der Waals surface area (Å²) in [5.74, 6) is 0. The molecule has 3 heterocycles. The predicted molar refractivity (Wildman–Crippen MR) is 135 cm³/mol. The van der Waals surface area contributed by atoms with E-state index in [4.69, 9.17) is 18.3 Å². The van der Waals surface area contributed by atoms with Crippen molar-refractivity contribution in [1.29, 1.82) is 0 Å². The molecule has 3 rings (SSSR count). The van der Waals surface area contributed by atoms with Crippen LogP contribution in [0.5, 0.6) is 0 Å². The minimum absolute atomic E-state index is 0.165. The van der Waals surface area contributed by atoms with Crippen molar-refractivity contribution in [3.63, 3.8) is 0 Å². The van der Waals surface area contributed by atoms with Crippen LogP contribution in [0.4, 0.5) is 0 Å². The summed E-state index contributed by atoms with van der Waals surface area (Å²) in [7, 11) is -4.81. The number of ether oxygens (including phenoxy) is 3. The maximum atomic E-state index is 12.4. The summed E-state index contributed by atoms with van der Waals surface area (Å²) in [6.07, 6.45) is -0.933. The Hall–Kier alpha value is -1.09. The number of H-pyrrole nitrogens is 2. The Kier molecular flexibility index (Phi) is 8.49. The normalized spacial score (nSPS) is 29.7. The van der Waals surface area contributed by atoms with Gasteiger partial charge in [-0.2, -0.15) is 0 Å². The second kappa shape index (κ2) is 10.5. The molecule has 2 aliphatic rings. The molecule has 1 aromatic rings. The topological polar surface area (TPSA) is 123 Å². The molecule has 1 aromatic heterocycles. The van der Waals surface area contributed by atoms with Gasteiger partial charge in [-0.25, -0.2) is 4.79 Å². The van der Waals surface area contributed by atoms with Crippen LogP contribution in [0.3, 0.4) is 0 Å². The zero-order chi connectivity index (χ0) is 25.4. The summed E-state index contributed by atoms with van der Waals surface area (Å²) in [6.45, 7) is 18.0. The molecule has 0 radical (unpaired) electrons. The zero-order valence-corrected chi connectivity index (χ0v) is 23.7. The van der Waals surface area contributed by atoms with Crippen molar-refractivity contribution in [2.24, 2.45) is 0 Å². The van der Waals surface area contributed by atoms with Crippen LogP contribution < -0.4 is 11.2 Å². The Morgan fingerprint density at radius 1 is 0.941 bits per heavy atom. The lowest BCUT2D eigenvalue weighted by molar-refractivity contribution is -0.0608. The third kappa shape index (κ3) is 4.93. The standard InChI is InChI=1S/C23H42N2O7Si2/c1-13(2)33(14(3)4)11-29-10-18-21(30-12-34(32-33,15(5)6)16(7)8)19(26)20(31-18)17-9-24-23(28)25-22(17)27/h9,13-16,18-21,26H,10-12H2,1-8H3,(H2,24,25,27,28)/t18-,19+,20+,21-/m1/s1. The molecule has 11 heteroatoms. The first-order chi connectivity index (χ1) is 15.9. The largest absolute Gasteiger partial charge is 0.451 e. The van der Waals surface area contributed by atoms with Crippen molar-refractivity contribution in [3.8, 4) is 0 Å². The van der Waals surface area contributed by atoms with Crippen LogP contribution in [0.1, 0.15) is 67.1 Å². The number of hydrogen-bond donors (Lipinski definition) is 3. The van der Waals surface area contributed by atoms with E-state index in [1.54, 1.807) is 0 Å². The zero-order valence-electron chi connectivity index (χ0n) is 21.7. The molecule has 0 amide bonds. The molecule has 9 nitrogen and oxygen atoms in total. The predicted octanol–water partition coefficient (Wildman–Crippen LogP) is 2.91. The van der Waals surface area contributed by atoms with E-state index in [1.807, 2.05) is 0 Å². The number of aromatic nitrogens is 2. The molecule has 0 bridgehead atoms. The quantitative estimate of drug-likeness (QED) is 0.516. The summed E-state index contributed by atoms with van der Waals surface area (Å²) in [5, 5.41) is 11.2. The van der Waals surface area contributed by atoms with E-state index in [2.05, 4.69) is 65.4 Å². The average Bonchev–Trinajstić information content (AvgIpc) is 3.04. The maximum Gasteiger partial charge on any atom is 0.325 e. The molecule has 2 aliphatic heterocycles. The van der Waals surface area contributed by atoms with Crippen molar-refractivity contribution in [2.75, 3.05) is 19.1 Å². The highest BCUT2D eigenvalue weighted by Crippen LogP contribution is 2.45. The Morgan fingerprint density at radius 3 is 2.03 bits per heavy atom. The highest BCUT2D eigenvalue weighted by molar-refractivity contribution is 6.89. The van der Waals surface area contributed by atoms with Crippen molar-refractivity contribution in [1.82, 2.24) is 9.97 Å². The van der Waals surface area contributed by atoms with Gasteiger partial charge in [-0.1, -0.05) is 55.4 Å². The van der Waals surface area contributed by atoms with Gasteiger partial charge in [0, 0.05) is 6.20 Å². The van der Waals surface area contributed by atoms with Gasteiger partial charge in [0.15, 0.2) is 0 Å². The Labute approximate surface area is 203 Å². The number of aliphatic hydroxyl groups is 1. The second-order valence-electron chi connectivity index (χ2n) is 11.0. The molecule has 3 N–H and O–H groups in total. The van der Waals surface area contributed by atoms with E-state index in [1.165, 1.54) is 6.20 Å². The van der Waals surface area contributed by atoms with Gasteiger partial charge in [-0.05, 0) is 22.2 Å². The highest BCUT2D eigenvalue weighted by atomic mass is 28.4. The first-order valence-corrected chi connectivity index (χ1v) is 16.9. The first kappa shape index (κ1) is 27.5. The number of aliphatic hydroxyl groups excluding tert-OH is 1. The van der Waals surface area contributed by atoms with Crippen molar-refractivity contribution in [2.45, 2.75) is 102 Å². The van der Waals surface area contributed by atoms with Crippen LogP contribution in [0.2, 0.25) is 22.2 Å². The Bertz CT molecular complexity index is 930. The van der Waals surface area contributed by atoms with Crippen LogP contribution in [-0.2, 0) is 18.3 Å². The molecule has 2 saturated heterocycles. The van der Waals surface area contributed by atoms with Crippen LogP contribution >= 0.6 is 0 Å². The number of aromatic amines is 2. The van der Waals surface area contributed by atoms with Crippen LogP contribution in [-0.4, -0.2) is 69.1 Å². The summed E-state index contributed by atoms with van der Waals surface area (Å²) in [4.78, 5) is 28.5. The number of nitrogens with one attached hydrogen (secondary N) is 2. The smallest absolute Gasteiger partial charge is 0.325 e. The fourth-order valence-electron chi connectivity index (χ4n) is 5.41. The van der Waals surface area contributed by atoms with E-state index in [0.717, 1.165) is 0 Å². The molecule has 4 atom stereocenters. The summed E-state index contributed by atoms with van der Waals surface area (Å²) in [5.41, 5.74) is 0.284. The fraction of sp³-hybridized carbons (Fsp3) is 0.826. The maximum absolute atomic E-state index is 12.4. The van der Waals surface area contributed by atoms with Gasteiger partial charge in [0.25, 0.3) is 5.56 Å². The SMILES string of the molecule is CC(C)[Si]1(C(C)C)COC[C@H]2O[C@@H](c3c[nH]c(=O)[nH]c3=O)[C@H](O)[C@@H]2OC[Si](C(C)C)(C(C)C)O1. The lowest BCUT2D eigenvalue weighted by Gasteiger charge is -2.50. The number of fused-ring (bicyclic) bond motifs is 1. The van der Waals surface area contributed by atoms with Gasteiger partial charge in [-0.15, -0.1) is 0 Å². The van der Waals surface area contributed by atoms with Crippen molar-refractivity contribution >= 4 is 16.6 Å². The van der Waals surface area contributed by atoms with E-state index in [9.17, 15) is 14.7 Å². The number of rotatable bonds is 5. The fourth-order valence-corrected chi connectivity index (χ4v) is 17.4. The monoisotopic (exact) mass is 514 g/mol. The van der Waals surface area contributed by atoms with E-state index < -0.39 is 52.3 Å². The van der Waals surface area contributed by atoms with Gasteiger partial charge in [-0.3, -0.25) is 9.78 Å². The van der Waals surface area contributed by atoms with Crippen molar-refractivity contribution in [3.05, 3.63) is 32.6 Å². The molecular weight excluding hydrogens is 472 g/mol. The molecule has 34 heavy (non-hydrogen) atoms. The molecule has 194 valence electrons. The van der Waals surface area contributed by atoms with Gasteiger partial charge in [0.2, 0.25) is 16.6 Å². The van der Waals surface area contributed by atoms with Gasteiger partial charge < -0.3 is 28.4 Å². The van der Waals surface area contributed by atoms with Crippen LogP contribution in [0.25, 0.3) is 0 Å². The van der Waals surface area contributed by atoms with E-state index in [-0.39, 0.29) is 12.2 Å². The van der Waals surface area contributed by atoms with E-state index in [0.29, 0.717) is 34.6 Å². The van der Waals surface area contributed by atoms with E-state index >= 15 is 0 Å². The minimum atomic E-state index is -2.47. The molecule has 0 spiro atoms. The van der Waals surface area contributed by atoms with Gasteiger partial charge in [0.1, 0.15) is 24.4 Å². The molecule has 0 aromatic carbocycles. The Balaban J connectivity index is 2.01. The molecule has 0 aliphatic carbocycles. The Morgan fingerprint density at radius 2 is 1.50 bits per heavy atom. The van der Waals surface area contributed by atoms with Gasteiger partial charge >= 0.3 is 5.69 Å². The molecular formula is C23H42N2O7Si2. The third-order valence-electron chi connectivity index (χ3n) is 7.89. The summed E-state index contributed by atoms with van der Waals surface area (Å²) in [6, 6.07) is 0. The molecule has 0 unspecified atom stereocenters. The van der Waals surface area contributed by atoms with Crippen LogP contribution in [0.15, 0.2) is 15.8 Å². The summed E-state index contributed by atoms with van der Waals surface area (Å²) >= 11 is 0.